The summed E-state index contributed by atoms with van der Waals surface area (Å²) in [6.07, 6.45) is 6.39. The first-order chi connectivity index (χ1) is 11.4. The molecule has 1 aliphatic carbocycles. The van der Waals surface area contributed by atoms with Crippen LogP contribution in [0.25, 0.3) is 0 Å². The number of halogens is 2. The van der Waals surface area contributed by atoms with Gasteiger partial charge in [0.1, 0.15) is 5.56 Å². The number of nitrogens with two attached hydrogens (primary N) is 1. The van der Waals surface area contributed by atoms with E-state index in [9.17, 15) is 4.79 Å². The molecular formula is C17H20Cl2N4O. The van der Waals surface area contributed by atoms with E-state index >= 15 is 0 Å². The summed E-state index contributed by atoms with van der Waals surface area (Å²) in [4.78, 5) is 11.8. The summed E-state index contributed by atoms with van der Waals surface area (Å²) in [5.74, 6) is 0.437. The summed E-state index contributed by atoms with van der Waals surface area (Å²) in [6, 6.07) is 5.38. The number of nitrogens with zero attached hydrogens (tertiary/aromatic N) is 2. The third-order valence-corrected chi connectivity index (χ3v) is 4.97. The average molecular weight is 367 g/mol. The lowest BCUT2D eigenvalue weighted by Gasteiger charge is -2.28. The van der Waals surface area contributed by atoms with E-state index in [-0.39, 0.29) is 6.04 Å². The molecule has 2 aromatic rings. The van der Waals surface area contributed by atoms with E-state index in [0.29, 0.717) is 33.0 Å². The highest BCUT2D eigenvalue weighted by atomic mass is 35.5. The first-order valence-electron chi connectivity index (χ1n) is 8.06. The van der Waals surface area contributed by atoms with Crippen LogP contribution in [-0.4, -0.2) is 15.7 Å². The van der Waals surface area contributed by atoms with E-state index < -0.39 is 5.91 Å². The molecule has 2 atom stereocenters. The fraction of sp³-hybridized carbons (Fsp3) is 0.412. The molecule has 1 aromatic carbocycles. The SMILES string of the molecule is CC1CCCCC1n1cc(C(N)=O)c(Nc2cc(Cl)cc(Cl)c2)n1. The highest BCUT2D eigenvalue weighted by molar-refractivity contribution is 6.35. The molecule has 24 heavy (non-hydrogen) atoms. The Balaban J connectivity index is 1.93. The van der Waals surface area contributed by atoms with Crippen LogP contribution < -0.4 is 11.1 Å². The molecule has 1 amide bonds. The van der Waals surface area contributed by atoms with Crippen LogP contribution in [0.2, 0.25) is 10.0 Å². The molecule has 3 N–H and O–H groups in total. The van der Waals surface area contributed by atoms with Crippen LogP contribution >= 0.6 is 23.2 Å². The number of carbonyl (C=O) groups excluding carboxylic acids is 1. The van der Waals surface area contributed by atoms with E-state index in [2.05, 4.69) is 17.3 Å². The van der Waals surface area contributed by atoms with Crippen molar-refractivity contribution in [2.24, 2.45) is 11.7 Å². The maximum atomic E-state index is 11.8. The molecule has 128 valence electrons. The number of aromatic nitrogens is 2. The minimum atomic E-state index is -0.514. The van der Waals surface area contributed by atoms with Crippen molar-refractivity contribution >= 4 is 40.6 Å². The molecule has 0 bridgehead atoms. The van der Waals surface area contributed by atoms with Gasteiger partial charge in [0, 0.05) is 21.9 Å². The number of hydrogen-bond donors (Lipinski definition) is 2. The van der Waals surface area contributed by atoms with Gasteiger partial charge in [-0.3, -0.25) is 9.48 Å². The Hall–Kier alpha value is -1.72. The first-order valence-corrected chi connectivity index (χ1v) is 8.81. The van der Waals surface area contributed by atoms with Gasteiger partial charge in [-0.25, -0.2) is 0 Å². The second kappa shape index (κ2) is 7.03. The number of rotatable bonds is 4. The number of carbonyl (C=O) groups is 1. The van der Waals surface area contributed by atoms with E-state index in [4.69, 9.17) is 28.9 Å². The summed E-state index contributed by atoms with van der Waals surface area (Å²) < 4.78 is 1.87. The van der Waals surface area contributed by atoms with Gasteiger partial charge in [-0.2, -0.15) is 5.10 Å². The van der Waals surface area contributed by atoms with Gasteiger partial charge in [-0.15, -0.1) is 0 Å². The standard InChI is InChI=1S/C17H20Cl2N4O/c1-10-4-2-3-5-15(10)23-9-14(16(20)24)17(22-23)21-13-7-11(18)6-12(19)8-13/h6-10,15H,2-5H2,1H3,(H2,20,24)(H,21,22). The van der Waals surface area contributed by atoms with Crippen molar-refractivity contribution < 1.29 is 4.79 Å². The first kappa shape index (κ1) is 17.1. The Morgan fingerprint density at radius 2 is 1.92 bits per heavy atom. The lowest BCUT2D eigenvalue weighted by atomic mass is 9.86. The molecular weight excluding hydrogens is 347 g/mol. The second-order valence-corrected chi connectivity index (χ2v) is 7.22. The summed E-state index contributed by atoms with van der Waals surface area (Å²) in [5.41, 5.74) is 6.55. The van der Waals surface area contributed by atoms with E-state index in [1.54, 1.807) is 24.4 Å². The molecule has 1 heterocycles. The van der Waals surface area contributed by atoms with Crippen LogP contribution in [0.5, 0.6) is 0 Å². The quantitative estimate of drug-likeness (QED) is 0.817. The number of anilines is 2. The van der Waals surface area contributed by atoms with E-state index in [0.717, 1.165) is 6.42 Å². The molecule has 0 radical (unpaired) electrons. The summed E-state index contributed by atoms with van der Waals surface area (Å²) >= 11 is 12.0. The molecule has 3 rings (SSSR count). The topological polar surface area (TPSA) is 72.9 Å². The van der Waals surface area contributed by atoms with Crippen LogP contribution in [0, 0.1) is 5.92 Å². The number of hydrogen-bond acceptors (Lipinski definition) is 3. The third kappa shape index (κ3) is 3.68. The predicted molar refractivity (Wildman–Crippen MR) is 97.2 cm³/mol. The fourth-order valence-electron chi connectivity index (χ4n) is 3.29. The fourth-order valence-corrected chi connectivity index (χ4v) is 3.81. The summed E-state index contributed by atoms with van der Waals surface area (Å²) in [6.45, 7) is 2.22. The van der Waals surface area contributed by atoms with Gasteiger partial charge >= 0.3 is 0 Å². The Bertz CT molecular complexity index is 739. The number of amides is 1. The van der Waals surface area contributed by atoms with Crippen molar-refractivity contribution in [3.63, 3.8) is 0 Å². The maximum absolute atomic E-state index is 11.8. The Morgan fingerprint density at radius 3 is 2.54 bits per heavy atom. The van der Waals surface area contributed by atoms with Crippen molar-refractivity contribution in [2.75, 3.05) is 5.32 Å². The molecule has 2 unspecified atom stereocenters. The van der Waals surface area contributed by atoms with Crippen LogP contribution in [0.3, 0.4) is 0 Å². The lowest BCUT2D eigenvalue weighted by molar-refractivity contribution is 0.100. The predicted octanol–water partition coefficient (Wildman–Crippen LogP) is 4.78. The van der Waals surface area contributed by atoms with Gasteiger partial charge < -0.3 is 11.1 Å². The van der Waals surface area contributed by atoms with Crippen LogP contribution in [0.15, 0.2) is 24.4 Å². The zero-order valence-electron chi connectivity index (χ0n) is 13.4. The highest BCUT2D eigenvalue weighted by Gasteiger charge is 2.26. The highest BCUT2D eigenvalue weighted by Crippen LogP contribution is 2.34. The molecule has 1 aliphatic rings. The molecule has 7 heteroatoms. The maximum Gasteiger partial charge on any atom is 0.254 e. The lowest BCUT2D eigenvalue weighted by Crippen LogP contribution is -2.21. The minimum Gasteiger partial charge on any atom is -0.365 e. The Labute approximate surface area is 151 Å². The molecule has 1 fully saturated rings. The van der Waals surface area contributed by atoms with Crippen molar-refractivity contribution in [3.05, 3.63) is 40.0 Å². The van der Waals surface area contributed by atoms with Gasteiger partial charge in [0.05, 0.1) is 6.04 Å². The van der Waals surface area contributed by atoms with Crippen molar-refractivity contribution in [2.45, 2.75) is 38.6 Å². The van der Waals surface area contributed by atoms with Gasteiger partial charge in [0.25, 0.3) is 5.91 Å². The molecule has 1 aromatic heterocycles. The van der Waals surface area contributed by atoms with Crippen molar-refractivity contribution in [1.29, 1.82) is 0 Å². The van der Waals surface area contributed by atoms with Crippen LogP contribution in [0.4, 0.5) is 11.5 Å². The Kier molecular flexibility index (Phi) is 5.01. The number of primary amides is 1. The Morgan fingerprint density at radius 1 is 1.25 bits per heavy atom. The van der Waals surface area contributed by atoms with Gasteiger partial charge in [0.15, 0.2) is 5.82 Å². The molecule has 1 saturated carbocycles. The van der Waals surface area contributed by atoms with Crippen LogP contribution in [0.1, 0.15) is 49.0 Å². The van der Waals surface area contributed by atoms with Crippen molar-refractivity contribution in [1.82, 2.24) is 9.78 Å². The molecule has 0 saturated heterocycles. The van der Waals surface area contributed by atoms with E-state index in [1.807, 2.05) is 4.68 Å². The van der Waals surface area contributed by atoms with Gasteiger partial charge in [0.2, 0.25) is 0 Å². The minimum absolute atomic E-state index is 0.287. The largest absolute Gasteiger partial charge is 0.365 e. The monoisotopic (exact) mass is 366 g/mol. The van der Waals surface area contributed by atoms with Gasteiger partial charge in [-0.1, -0.05) is 43.0 Å². The van der Waals surface area contributed by atoms with Gasteiger partial charge in [-0.05, 0) is 37.0 Å². The molecule has 5 nitrogen and oxygen atoms in total. The summed E-state index contributed by atoms with van der Waals surface area (Å²) in [7, 11) is 0. The molecule has 0 aliphatic heterocycles. The number of nitrogens with one attached hydrogen (secondary N) is 1. The third-order valence-electron chi connectivity index (χ3n) is 4.53. The number of benzene rings is 1. The average Bonchev–Trinajstić information content (AvgIpc) is 2.90. The normalized spacial score (nSPS) is 20.8. The smallest absolute Gasteiger partial charge is 0.254 e. The van der Waals surface area contributed by atoms with Crippen LogP contribution in [-0.2, 0) is 0 Å². The zero-order chi connectivity index (χ0) is 17.3. The summed E-state index contributed by atoms with van der Waals surface area (Å²) in [5, 5.41) is 8.70. The van der Waals surface area contributed by atoms with E-state index in [1.165, 1.54) is 19.3 Å². The molecule has 0 spiro atoms. The van der Waals surface area contributed by atoms with Crippen molar-refractivity contribution in [3.8, 4) is 0 Å². The second-order valence-electron chi connectivity index (χ2n) is 6.35. The zero-order valence-corrected chi connectivity index (χ0v) is 14.9.